The van der Waals surface area contributed by atoms with Gasteiger partial charge in [0.05, 0.1) is 6.10 Å². The van der Waals surface area contributed by atoms with Gasteiger partial charge in [0, 0.05) is 19.3 Å². The maximum Gasteiger partial charge on any atom is 0.313 e. The summed E-state index contributed by atoms with van der Waals surface area (Å²) in [6, 6.07) is 5.80. The fraction of sp³-hybridized carbons (Fsp3) is 0.500. The van der Waals surface area contributed by atoms with Gasteiger partial charge in [0.1, 0.15) is 0 Å². The van der Waals surface area contributed by atoms with E-state index in [2.05, 4.69) is 5.32 Å². The monoisotopic (exact) mass is 290 g/mol. The highest BCUT2D eigenvalue weighted by Gasteiger charge is 2.19. The Balaban J connectivity index is 1.93. The lowest BCUT2D eigenvalue weighted by atomic mass is 10.1. The minimum absolute atomic E-state index is 0.355. The fourth-order valence-electron chi connectivity index (χ4n) is 2.49. The summed E-state index contributed by atoms with van der Waals surface area (Å²) >= 11 is 0. The first-order valence-electron chi connectivity index (χ1n) is 7.33. The standard InChI is InChI=1S/C16H22N2O3/c1-11(19)8-9-18(2)16(21)15(20)17-14-7-6-12-4-3-5-13(12)10-14/h6-7,10-11,19H,3-5,8-9H2,1-2H3,(H,17,20). The first-order valence-corrected chi connectivity index (χ1v) is 7.33. The third-order valence-electron chi connectivity index (χ3n) is 3.78. The van der Waals surface area contributed by atoms with E-state index in [1.807, 2.05) is 18.2 Å². The van der Waals surface area contributed by atoms with Gasteiger partial charge in [0.25, 0.3) is 0 Å². The largest absolute Gasteiger partial charge is 0.393 e. The summed E-state index contributed by atoms with van der Waals surface area (Å²) in [7, 11) is 1.56. The molecular weight excluding hydrogens is 268 g/mol. The Labute approximate surface area is 125 Å². The third kappa shape index (κ3) is 4.04. The van der Waals surface area contributed by atoms with Crippen LogP contribution >= 0.6 is 0 Å². The highest BCUT2D eigenvalue weighted by Crippen LogP contribution is 2.24. The molecule has 0 aromatic heterocycles. The Morgan fingerprint density at radius 1 is 1.33 bits per heavy atom. The summed E-state index contributed by atoms with van der Waals surface area (Å²) in [6.07, 6.45) is 3.23. The summed E-state index contributed by atoms with van der Waals surface area (Å²) in [5.74, 6) is -1.22. The van der Waals surface area contributed by atoms with Gasteiger partial charge in [-0.25, -0.2) is 0 Å². The maximum absolute atomic E-state index is 11.9. The van der Waals surface area contributed by atoms with Crippen molar-refractivity contribution in [1.82, 2.24) is 4.90 Å². The summed E-state index contributed by atoms with van der Waals surface area (Å²) in [6.45, 7) is 2.01. The number of aryl methyl sites for hydroxylation is 2. The molecule has 1 aliphatic rings. The van der Waals surface area contributed by atoms with Gasteiger partial charge in [-0.05, 0) is 55.9 Å². The van der Waals surface area contributed by atoms with Crippen LogP contribution in [0, 0.1) is 0 Å². The Kier molecular flexibility index (Phi) is 4.96. The molecule has 114 valence electrons. The molecule has 2 rings (SSSR count). The molecule has 1 aromatic carbocycles. The lowest BCUT2D eigenvalue weighted by Crippen LogP contribution is -2.38. The lowest BCUT2D eigenvalue weighted by molar-refractivity contribution is -0.142. The minimum atomic E-state index is -0.638. The van der Waals surface area contributed by atoms with E-state index in [1.165, 1.54) is 16.0 Å². The van der Waals surface area contributed by atoms with E-state index >= 15 is 0 Å². The second-order valence-corrected chi connectivity index (χ2v) is 5.66. The van der Waals surface area contributed by atoms with E-state index in [4.69, 9.17) is 0 Å². The van der Waals surface area contributed by atoms with Gasteiger partial charge >= 0.3 is 11.8 Å². The summed E-state index contributed by atoms with van der Waals surface area (Å²) in [5, 5.41) is 11.9. The highest BCUT2D eigenvalue weighted by molar-refractivity contribution is 6.39. The van der Waals surface area contributed by atoms with Gasteiger partial charge in [0.15, 0.2) is 0 Å². The summed E-state index contributed by atoms with van der Waals surface area (Å²) in [5.41, 5.74) is 3.24. The van der Waals surface area contributed by atoms with Crippen LogP contribution in [-0.4, -0.2) is 41.5 Å². The molecule has 1 aromatic rings. The number of rotatable bonds is 4. The number of hydrogen-bond acceptors (Lipinski definition) is 3. The number of carbonyl (C=O) groups is 2. The van der Waals surface area contributed by atoms with Gasteiger partial charge in [-0.3, -0.25) is 9.59 Å². The highest BCUT2D eigenvalue weighted by atomic mass is 16.3. The smallest absolute Gasteiger partial charge is 0.313 e. The molecule has 1 aliphatic carbocycles. The van der Waals surface area contributed by atoms with Crippen LogP contribution in [0.2, 0.25) is 0 Å². The van der Waals surface area contributed by atoms with Crippen LogP contribution in [0.4, 0.5) is 5.69 Å². The number of benzene rings is 1. The van der Waals surface area contributed by atoms with Crippen LogP contribution in [0.1, 0.15) is 30.9 Å². The number of amides is 2. The zero-order valence-electron chi connectivity index (χ0n) is 12.6. The summed E-state index contributed by atoms with van der Waals surface area (Å²) in [4.78, 5) is 25.2. The zero-order chi connectivity index (χ0) is 15.4. The third-order valence-corrected chi connectivity index (χ3v) is 3.78. The molecular formula is C16H22N2O3. The minimum Gasteiger partial charge on any atom is -0.393 e. The average Bonchev–Trinajstić information content (AvgIpc) is 2.91. The van der Waals surface area contributed by atoms with Crippen molar-refractivity contribution < 1.29 is 14.7 Å². The van der Waals surface area contributed by atoms with E-state index in [9.17, 15) is 14.7 Å². The molecule has 0 radical (unpaired) electrons. The normalized spacial score (nSPS) is 14.4. The van der Waals surface area contributed by atoms with E-state index in [0.717, 1.165) is 19.3 Å². The Morgan fingerprint density at radius 3 is 2.76 bits per heavy atom. The average molecular weight is 290 g/mol. The maximum atomic E-state index is 11.9. The molecule has 0 aliphatic heterocycles. The second-order valence-electron chi connectivity index (χ2n) is 5.66. The van der Waals surface area contributed by atoms with E-state index in [1.54, 1.807) is 14.0 Å². The van der Waals surface area contributed by atoms with Crippen LogP contribution in [0.15, 0.2) is 18.2 Å². The van der Waals surface area contributed by atoms with Crippen molar-refractivity contribution in [2.75, 3.05) is 18.9 Å². The Morgan fingerprint density at radius 2 is 2.05 bits per heavy atom. The second kappa shape index (κ2) is 6.72. The topological polar surface area (TPSA) is 69.6 Å². The van der Waals surface area contributed by atoms with Crippen LogP contribution in [0.5, 0.6) is 0 Å². The molecule has 0 saturated carbocycles. The first-order chi connectivity index (χ1) is 9.97. The van der Waals surface area contributed by atoms with Crippen molar-refractivity contribution in [2.45, 2.75) is 38.7 Å². The Bertz CT molecular complexity index is 540. The van der Waals surface area contributed by atoms with Crippen molar-refractivity contribution in [2.24, 2.45) is 0 Å². The fourth-order valence-corrected chi connectivity index (χ4v) is 2.49. The van der Waals surface area contributed by atoms with Crippen molar-refractivity contribution in [3.05, 3.63) is 29.3 Å². The van der Waals surface area contributed by atoms with E-state index in [-0.39, 0.29) is 0 Å². The molecule has 21 heavy (non-hydrogen) atoms. The number of nitrogens with zero attached hydrogens (tertiary/aromatic N) is 1. The van der Waals surface area contributed by atoms with Crippen molar-refractivity contribution in [3.63, 3.8) is 0 Å². The molecule has 2 N–H and O–H groups in total. The molecule has 0 fully saturated rings. The van der Waals surface area contributed by atoms with Gasteiger partial charge in [-0.15, -0.1) is 0 Å². The summed E-state index contributed by atoms with van der Waals surface area (Å²) < 4.78 is 0. The number of fused-ring (bicyclic) bond motifs is 1. The number of aliphatic hydroxyl groups excluding tert-OH is 1. The number of aliphatic hydroxyl groups is 1. The molecule has 2 amide bonds. The number of hydrogen-bond donors (Lipinski definition) is 2. The van der Waals surface area contributed by atoms with Crippen molar-refractivity contribution in [3.8, 4) is 0 Å². The van der Waals surface area contributed by atoms with Gasteiger partial charge in [-0.1, -0.05) is 6.07 Å². The van der Waals surface area contributed by atoms with E-state index < -0.39 is 17.9 Å². The number of anilines is 1. The zero-order valence-corrected chi connectivity index (χ0v) is 12.6. The lowest BCUT2D eigenvalue weighted by Gasteiger charge is -2.17. The molecule has 0 spiro atoms. The molecule has 5 nitrogen and oxygen atoms in total. The van der Waals surface area contributed by atoms with Crippen LogP contribution in [0.3, 0.4) is 0 Å². The molecule has 5 heteroatoms. The number of likely N-dealkylation sites (N-methyl/N-ethyl adjacent to an activating group) is 1. The quantitative estimate of drug-likeness (QED) is 0.822. The molecule has 0 heterocycles. The molecule has 0 saturated heterocycles. The first kappa shape index (κ1) is 15.5. The predicted molar refractivity (Wildman–Crippen MR) is 81.0 cm³/mol. The van der Waals surface area contributed by atoms with Crippen molar-refractivity contribution in [1.29, 1.82) is 0 Å². The van der Waals surface area contributed by atoms with E-state index in [0.29, 0.717) is 18.7 Å². The van der Waals surface area contributed by atoms with Crippen molar-refractivity contribution >= 4 is 17.5 Å². The predicted octanol–water partition coefficient (Wildman–Crippen LogP) is 1.34. The number of carbonyl (C=O) groups excluding carboxylic acids is 2. The van der Waals surface area contributed by atoms with Gasteiger partial charge in [0.2, 0.25) is 0 Å². The van der Waals surface area contributed by atoms with Gasteiger partial charge < -0.3 is 15.3 Å². The number of nitrogens with one attached hydrogen (secondary N) is 1. The van der Waals surface area contributed by atoms with Crippen LogP contribution in [-0.2, 0) is 22.4 Å². The van der Waals surface area contributed by atoms with Crippen LogP contribution < -0.4 is 5.32 Å². The van der Waals surface area contributed by atoms with Crippen LogP contribution in [0.25, 0.3) is 0 Å². The Hall–Kier alpha value is -1.88. The SMILES string of the molecule is CC(O)CCN(C)C(=O)C(=O)Nc1ccc2c(c1)CCC2. The molecule has 1 unspecified atom stereocenters. The molecule has 1 atom stereocenters. The van der Waals surface area contributed by atoms with Gasteiger partial charge in [-0.2, -0.15) is 0 Å². The molecule has 0 bridgehead atoms.